The van der Waals surface area contributed by atoms with E-state index < -0.39 is 0 Å². The zero-order chi connectivity index (χ0) is 9.38. The van der Waals surface area contributed by atoms with Crippen LogP contribution in [-0.2, 0) is 0 Å². The van der Waals surface area contributed by atoms with Crippen LogP contribution >= 0.6 is 0 Å². The number of hydrogen-bond donors (Lipinski definition) is 1. The second-order valence-corrected chi connectivity index (χ2v) is 3.33. The minimum atomic E-state index is 1.10. The maximum Gasteiger partial charge on any atom is 0.114 e. The number of rotatable bonds is 0. The van der Waals surface area contributed by atoms with Gasteiger partial charge >= 0.3 is 0 Å². The lowest BCUT2D eigenvalue weighted by molar-refractivity contribution is 1.18. The minimum absolute atomic E-state index is 1.10. The predicted octanol–water partition coefficient (Wildman–Crippen LogP) is 3.17. The van der Waals surface area contributed by atoms with Crippen molar-refractivity contribution >= 4 is 23.8 Å². The second-order valence-electron chi connectivity index (χ2n) is 3.33. The van der Waals surface area contributed by atoms with Gasteiger partial charge in [-0.2, -0.15) is 0 Å². The Hall–Kier alpha value is -1.96. The van der Waals surface area contributed by atoms with Gasteiger partial charge < -0.3 is 9.88 Å². The summed E-state index contributed by atoms with van der Waals surface area (Å²) in [5.74, 6) is 1.10. The van der Waals surface area contributed by atoms with E-state index in [9.17, 15) is 0 Å². The van der Waals surface area contributed by atoms with E-state index in [-0.39, 0.29) is 0 Å². The van der Waals surface area contributed by atoms with E-state index in [1.807, 2.05) is 24.4 Å². The first kappa shape index (κ1) is 7.44. The van der Waals surface area contributed by atoms with Crippen molar-refractivity contribution in [1.29, 1.82) is 0 Å². The van der Waals surface area contributed by atoms with Gasteiger partial charge in [-0.05, 0) is 29.8 Å². The topological polar surface area (TPSA) is 17.0 Å². The number of anilines is 2. The summed E-state index contributed by atoms with van der Waals surface area (Å²) in [4.78, 5) is 0. The van der Waals surface area contributed by atoms with Gasteiger partial charge in [0, 0.05) is 18.1 Å². The summed E-state index contributed by atoms with van der Waals surface area (Å²) in [7, 11) is 0. The molecule has 2 heteroatoms. The minimum Gasteiger partial charge on any atom is -0.341 e. The second kappa shape index (κ2) is 2.77. The summed E-state index contributed by atoms with van der Waals surface area (Å²) in [5, 5.41) is 3.38. The van der Waals surface area contributed by atoms with Gasteiger partial charge in [-0.1, -0.05) is 18.2 Å². The van der Waals surface area contributed by atoms with Gasteiger partial charge in [0.1, 0.15) is 5.82 Å². The molecule has 2 nitrogen and oxygen atoms in total. The van der Waals surface area contributed by atoms with E-state index in [4.69, 9.17) is 0 Å². The maximum atomic E-state index is 3.38. The molecule has 0 atom stereocenters. The summed E-state index contributed by atoms with van der Waals surface area (Å²) in [5.41, 5.74) is 2.37. The average Bonchev–Trinajstić information content (AvgIpc) is 2.58. The summed E-state index contributed by atoms with van der Waals surface area (Å²) in [6.45, 7) is 0. The first-order chi connectivity index (χ1) is 6.93. The Labute approximate surface area is 82.5 Å². The number of nitrogens with zero attached hydrogens (tertiary/aromatic N) is 1. The molecule has 0 saturated heterocycles. The maximum absolute atomic E-state index is 3.38. The van der Waals surface area contributed by atoms with Crippen LogP contribution in [0.2, 0.25) is 0 Å². The molecular weight excluding hydrogens is 172 g/mol. The lowest BCUT2D eigenvalue weighted by Crippen LogP contribution is -1.94. The highest BCUT2D eigenvalue weighted by Crippen LogP contribution is 2.25. The van der Waals surface area contributed by atoms with Crippen LogP contribution in [0.1, 0.15) is 5.56 Å². The van der Waals surface area contributed by atoms with Crippen molar-refractivity contribution in [3.05, 3.63) is 48.2 Å². The molecule has 1 N–H and O–H groups in total. The van der Waals surface area contributed by atoms with E-state index in [1.165, 1.54) is 5.56 Å². The number of benzene rings is 1. The van der Waals surface area contributed by atoms with Crippen LogP contribution in [0.15, 0.2) is 42.6 Å². The quantitative estimate of drug-likeness (QED) is 0.565. The van der Waals surface area contributed by atoms with Crippen LogP contribution in [0.25, 0.3) is 12.3 Å². The smallest absolute Gasteiger partial charge is 0.114 e. The molecule has 3 rings (SSSR count). The van der Waals surface area contributed by atoms with Crippen molar-refractivity contribution in [2.75, 3.05) is 5.32 Å². The molecule has 2 aromatic rings. The molecule has 0 saturated carbocycles. The monoisotopic (exact) mass is 182 g/mol. The Morgan fingerprint density at radius 2 is 1.93 bits per heavy atom. The molecule has 0 spiro atoms. The van der Waals surface area contributed by atoms with E-state index in [2.05, 4.69) is 40.4 Å². The Morgan fingerprint density at radius 3 is 2.93 bits per heavy atom. The molecule has 14 heavy (non-hydrogen) atoms. The predicted molar refractivity (Wildman–Crippen MR) is 59.4 cm³/mol. The fourth-order valence-corrected chi connectivity index (χ4v) is 1.68. The number of nitrogens with one attached hydrogen (secondary N) is 1. The van der Waals surface area contributed by atoms with Gasteiger partial charge in [0.2, 0.25) is 0 Å². The van der Waals surface area contributed by atoms with Crippen LogP contribution in [0, 0.1) is 0 Å². The van der Waals surface area contributed by atoms with Gasteiger partial charge in [0.05, 0.1) is 0 Å². The summed E-state index contributed by atoms with van der Waals surface area (Å²) in [6.07, 6.45) is 6.21. The first-order valence-electron chi connectivity index (χ1n) is 4.64. The number of fused-ring (bicyclic) bond motifs is 2. The fraction of sp³-hybridized carbons (Fsp3) is 0. The van der Waals surface area contributed by atoms with Crippen molar-refractivity contribution in [2.45, 2.75) is 0 Å². The van der Waals surface area contributed by atoms with Gasteiger partial charge in [0.25, 0.3) is 0 Å². The Kier molecular flexibility index (Phi) is 1.47. The van der Waals surface area contributed by atoms with Crippen LogP contribution < -0.4 is 5.32 Å². The van der Waals surface area contributed by atoms with Crippen LogP contribution in [0.5, 0.6) is 0 Å². The molecule has 1 aromatic heterocycles. The Bertz CT molecular complexity index is 495. The Balaban J connectivity index is 2.19. The van der Waals surface area contributed by atoms with Gasteiger partial charge in [-0.3, -0.25) is 0 Å². The first-order valence-corrected chi connectivity index (χ1v) is 4.64. The number of para-hydroxylation sites is 1. The highest BCUT2D eigenvalue weighted by Gasteiger charge is 2.05. The van der Waals surface area contributed by atoms with Crippen molar-refractivity contribution in [1.82, 2.24) is 4.57 Å². The standard InChI is InChI=1S/C12H10N2/c1-2-5-11-10(4-1)7-9-14-8-3-6-12(14)13-11/h1-9,13H. The SMILES string of the molecule is C1=Cn2cccc2Nc2ccccc21. The number of aromatic nitrogens is 1. The van der Waals surface area contributed by atoms with Gasteiger partial charge in [-0.15, -0.1) is 0 Å². The van der Waals surface area contributed by atoms with E-state index in [0.29, 0.717) is 0 Å². The summed E-state index contributed by atoms with van der Waals surface area (Å²) in [6, 6.07) is 12.4. The van der Waals surface area contributed by atoms with Crippen LogP contribution in [0.4, 0.5) is 11.5 Å². The average molecular weight is 182 g/mol. The molecule has 0 bridgehead atoms. The molecule has 0 aliphatic carbocycles. The molecule has 0 radical (unpaired) electrons. The Morgan fingerprint density at radius 1 is 1.00 bits per heavy atom. The molecule has 0 fully saturated rings. The van der Waals surface area contributed by atoms with E-state index in [1.54, 1.807) is 0 Å². The van der Waals surface area contributed by atoms with Crippen LogP contribution in [0.3, 0.4) is 0 Å². The van der Waals surface area contributed by atoms with Gasteiger partial charge in [-0.25, -0.2) is 0 Å². The highest BCUT2D eigenvalue weighted by atomic mass is 15.1. The third kappa shape index (κ3) is 1.04. The van der Waals surface area contributed by atoms with Crippen molar-refractivity contribution in [3.63, 3.8) is 0 Å². The summed E-state index contributed by atoms with van der Waals surface area (Å²) >= 11 is 0. The van der Waals surface area contributed by atoms with Crippen molar-refractivity contribution in [3.8, 4) is 0 Å². The molecule has 2 heterocycles. The zero-order valence-corrected chi connectivity index (χ0v) is 7.64. The van der Waals surface area contributed by atoms with E-state index >= 15 is 0 Å². The van der Waals surface area contributed by atoms with Gasteiger partial charge in [0.15, 0.2) is 0 Å². The normalized spacial score (nSPS) is 12.6. The highest BCUT2D eigenvalue weighted by molar-refractivity contribution is 5.78. The molecule has 1 aliphatic heterocycles. The lowest BCUT2D eigenvalue weighted by atomic mass is 10.2. The van der Waals surface area contributed by atoms with E-state index in [0.717, 1.165) is 11.5 Å². The lowest BCUT2D eigenvalue weighted by Gasteiger charge is -2.06. The van der Waals surface area contributed by atoms with Crippen LogP contribution in [-0.4, -0.2) is 4.57 Å². The zero-order valence-electron chi connectivity index (χ0n) is 7.64. The molecular formula is C12H10N2. The largest absolute Gasteiger partial charge is 0.341 e. The summed E-state index contributed by atoms with van der Waals surface area (Å²) < 4.78 is 2.07. The fourth-order valence-electron chi connectivity index (χ4n) is 1.68. The molecule has 1 aromatic carbocycles. The van der Waals surface area contributed by atoms with Crippen molar-refractivity contribution in [2.24, 2.45) is 0 Å². The molecule has 1 aliphatic rings. The molecule has 0 unspecified atom stereocenters. The van der Waals surface area contributed by atoms with Crippen molar-refractivity contribution < 1.29 is 0 Å². The third-order valence-electron chi connectivity index (χ3n) is 2.42. The third-order valence-corrected chi connectivity index (χ3v) is 2.42. The molecule has 0 amide bonds. The molecule has 68 valence electrons. The number of hydrogen-bond acceptors (Lipinski definition) is 1.